The van der Waals surface area contributed by atoms with E-state index in [2.05, 4.69) is 21.7 Å². The van der Waals surface area contributed by atoms with E-state index in [4.69, 9.17) is 4.74 Å². The number of non-ortho nitro benzene ring substituents is 1. The topological polar surface area (TPSA) is 171 Å². The van der Waals surface area contributed by atoms with Crippen molar-refractivity contribution in [2.75, 3.05) is 17.2 Å². The van der Waals surface area contributed by atoms with E-state index in [-0.39, 0.29) is 22.6 Å². The van der Waals surface area contributed by atoms with E-state index in [1.54, 1.807) is 11.4 Å². The number of benzene rings is 1. The molecule has 2 heterocycles. The average molecular weight is 535 g/mol. The molecule has 0 aliphatic heterocycles. The molecule has 1 aliphatic carbocycles. The van der Waals surface area contributed by atoms with Gasteiger partial charge in [-0.2, -0.15) is 10.5 Å². The van der Waals surface area contributed by atoms with E-state index in [9.17, 15) is 30.2 Å². The molecule has 0 saturated carbocycles. The third kappa shape index (κ3) is 5.98. The molecule has 1 aliphatic rings. The number of nitriles is 2. The molecule has 0 fully saturated rings. The van der Waals surface area contributed by atoms with Gasteiger partial charge < -0.3 is 10.1 Å². The molecule has 1 aromatic carbocycles. The lowest BCUT2D eigenvalue weighted by Crippen LogP contribution is -2.20. The number of nitrogens with zero attached hydrogens (tertiary/aromatic N) is 4. The van der Waals surface area contributed by atoms with Crippen molar-refractivity contribution in [1.29, 1.82) is 10.5 Å². The van der Waals surface area contributed by atoms with E-state index >= 15 is 0 Å². The Kier molecular flexibility index (Phi) is 7.88. The highest BCUT2D eigenvalue weighted by Crippen LogP contribution is 2.38. The number of nitrogens with one attached hydrogen (secondary N) is 2. The van der Waals surface area contributed by atoms with Crippen molar-refractivity contribution >= 4 is 56.4 Å². The fraction of sp³-hybridized carbons (Fsp3) is 0.208. The van der Waals surface area contributed by atoms with E-state index in [0.29, 0.717) is 15.7 Å². The Morgan fingerprint density at radius 2 is 2.05 bits per heavy atom. The first kappa shape index (κ1) is 25.5. The van der Waals surface area contributed by atoms with Crippen LogP contribution < -0.4 is 15.4 Å². The Morgan fingerprint density at radius 1 is 1.24 bits per heavy atom. The summed E-state index contributed by atoms with van der Waals surface area (Å²) in [4.78, 5) is 40.8. The second-order valence-corrected chi connectivity index (χ2v) is 9.80. The number of hydrogen-bond acceptors (Lipinski definition) is 10. The largest absolute Gasteiger partial charge is 0.483 e. The van der Waals surface area contributed by atoms with Crippen molar-refractivity contribution in [3.8, 4) is 17.9 Å². The van der Waals surface area contributed by atoms with E-state index in [1.807, 2.05) is 0 Å². The van der Waals surface area contributed by atoms with Gasteiger partial charge in [-0.3, -0.25) is 25.0 Å². The van der Waals surface area contributed by atoms with Crippen LogP contribution in [0, 0.1) is 32.8 Å². The number of amides is 2. The van der Waals surface area contributed by atoms with Gasteiger partial charge in [0.25, 0.3) is 17.5 Å². The molecule has 2 aromatic heterocycles. The molecule has 4 rings (SSSR count). The van der Waals surface area contributed by atoms with Crippen LogP contribution in [-0.4, -0.2) is 28.3 Å². The van der Waals surface area contributed by atoms with E-state index < -0.39 is 23.3 Å². The van der Waals surface area contributed by atoms with Crippen molar-refractivity contribution in [1.82, 2.24) is 4.98 Å². The number of hydrogen-bond donors (Lipinski definition) is 2. The first-order valence-corrected chi connectivity index (χ1v) is 12.7. The van der Waals surface area contributed by atoms with Gasteiger partial charge in [0.2, 0.25) is 0 Å². The Hall–Kier alpha value is -4.59. The molecule has 0 unspecified atom stereocenters. The first-order chi connectivity index (χ1) is 17.9. The fourth-order valence-electron chi connectivity index (χ4n) is 3.72. The fourth-order valence-corrected chi connectivity index (χ4v) is 5.50. The number of anilines is 2. The zero-order valence-corrected chi connectivity index (χ0v) is 20.8. The van der Waals surface area contributed by atoms with E-state index in [0.717, 1.165) is 48.3 Å². The number of ether oxygens (including phenoxy) is 1. The first-order valence-electron chi connectivity index (χ1n) is 11.0. The summed E-state index contributed by atoms with van der Waals surface area (Å²) in [5.74, 6) is -1.21. The normalized spacial score (nSPS) is 12.5. The summed E-state index contributed by atoms with van der Waals surface area (Å²) in [6, 6.07) is 7.56. The Labute approximate surface area is 218 Å². The van der Waals surface area contributed by atoms with Crippen LogP contribution in [0.3, 0.4) is 0 Å². The number of carbonyl (C=O) groups excluding carboxylic acids is 2. The van der Waals surface area contributed by atoms with Crippen LogP contribution in [-0.2, 0) is 22.4 Å². The maximum Gasteiger partial charge on any atom is 0.270 e. The maximum absolute atomic E-state index is 13.0. The molecule has 37 heavy (non-hydrogen) atoms. The number of nitro groups is 1. The number of thiophene rings is 1. The summed E-state index contributed by atoms with van der Waals surface area (Å²) >= 11 is 2.54. The summed E-state index contributed by atoms with van der Waals surface area (Å²) in [5, 5.41) is 38.2. The second kappa shape index (κ2) is 11.4. The Balaban J connectivity index is 1.58. The van der Waals surface area contributed by atoms with Crippen molar-refractivity contribution in [3.05, 3.63) is 67.0 Å². The van der Waals surface area contributed by atoms with Crippen molar-refractivity contribution in [2.45, 2.75) is 25.7 Å². The molecule has 0 bridgehead atoms. The monoisotopic (exact) mass is 534 g/mol. The van der Waals surface area contributed by atoms with Gasteiger partial charge in [-0.25, -0.2) is 4.98 Å². The van der Waals surface area contributed by atoms with Gasteiger partial charge in [0.05, 0.1) is 10.5 Å². The molecule has 0 radical (unpaired) electrons. The summed E-state index contributed by atoms with van der Waals surface area (Å²) in [6.45, 7) is -0.432. The van der Waals surface area contributed by atoms with E-state index in [1.165, 1.54) is 41.0 Å². The van der Waals surface area contributed by atoms with Gasteiger partial charge in [-0.15, -0.1) is 22.7 Å². The number of thiazole rings is 1. The number of aryl methyl sites for hydroxylation is 1. The SMILES string of the molecule is N#CC(=Cc1cc([N+](=O)[O-])ccc1OCC(=O)Nc1nccs1)C(=O)Nc1sc2c(c1C#N)CCCC2. The molecule has 2 amide bonds. The molecule has 0 saturated heterocycles. The third-order valence-electron chi connectivity index (χ3n) is 5.42. The quantitative estimate of drug-likeness (QED) is 0.185. The van der Waals surface area contributed by atoms with Gasteiger partial charge in [-0.05, 0) is 43.4 Å². The van der Waals surface area contributed by atoms with Gasteiger partial charge in [0, 0.05) is 34.2 Å². The van der Waals surface area contributed by atoms with Crippen LogP contribution in [0.15, 0.2) is 35.3 Å². The lowest BCUT2D eigenvalue weighted by molar-refractivity contribution is -0.384. The maximum atomic E-state index is 13.0. The molecular weight excluding hydrogens is 516 g/mol. The molecule has 3 aromatic rings. The minimum absolute atomic E-state index is 0.0599. The molecule has 186 valence electrons. The van der Waals surface area contributed by atoms with Crippen molar-refractivity contribution in [3.63, 3.8) is 0 Å². The molecule has 0 atom stereocenters. The second-order valence-electron chi connectivity index (χ2n) is 7.80. The lowest BCUT2D eigenvalue weighted by Gasteiger charge is -2.10. The average Bonchev–Trinajstić information content (AvgIpc) is 3.53. The molecule has 0 spiro atoms. The molecule has 11 nitrogen and oxygen atoms in total. The lowest BCUT2D eigenvalue weighted by atomic mass is 9.96. The van der Waals surface area contributed by atoms with Gasteiger partial charge in [0.15, 0.2) is 11.7 Å². The van der Waals surface area contributed by atoms with Crippen molar-refractivity contribution < 1.29 is 19.2 Å². The number of aromatic nitrogens is 1. The predicted octanol–water partition coefficient (Wildman–Crippen LogP) is 4.43. The minimum Gasteiger partial charge on any atom is -0.483 e. The van der Waals surface area contributed by atoms with Crippen LogP contribution in [0.25, 0.3) is 6.08 Å². The standard InChI is InChI=1S/C24H18N6O5S2/c25-11-15(22(32)29-23-18(12-26)17-3-1-2-4-20(17)37-23)9-14-10-16(30(33)34)5-6-19(14)35-13-21(31)28-24-27-7-8-36-24/h5-10H,1-4,13H2,(H,29,32)(H,27,28,31). The number of nitro benzene ring substituents is 1. The van der Waals surface area contributed by atoms with Crippen LogP contribution in [0.2, 0.25) is 0 Å². The Morgan fingerprint density at radius 3 is 2.76 bits per heavy atom. The molecular formula is C24H18N6O5S2. The van der Waals surface area contributed by atoms with Gasteiger partial charge >= 0.3 is 0 Å². The third-order valence-corrected chi connectivity index (χ3v) is 7.31. The molecule has 13 heteroatoms. The van der Waals surface area contributed by atoms with Crippen LogP contribution >= 0.6 is 22.7 Å². The highest BCUT2D eigenvalue weighted by Gasteiger charge is 2.23. The molecule has 2 N–H and O–H groups in total. The highest BCUT2D eigenvalue weighted by molar-refractivity contribution is 7.16. The number of fused-ring (bicyclic) bond motifs is 1. The van der Waals surface area contributed by atoms with Crippen LogP contribution in [0.1, 0.15) is 34.4 Å². The van der Waals surface area contributed by atoms with Crippen LogP contribution in [0.5, 0.6) is 5.75 Å². The zero-order chi connectivity index (χ0) is 26.4. The Bertz CT molecular complexity index is 1480. The minimum atomic E-state index is -0.767. The van der Waals surface area contributed by atoms with Gasteiger partial charge in [0.1, 0.15) is 28.5 Å². The van der Waals surface area contributed by atoms with Crippen molar-refractivity contribution in [2.24, 2.45) is 0 Å². The number of rotatable bonds is 8. The summed E-state index contributed by atoms with van der Waals surface area (Å²) < 4.78 is 5.53. The van der Waals surface area contributed by atoms with Crippen LogP contribution in [0.4, 0.5) is 15.8 Å². The smallest absolute Gasteiger partial charge is 0.270 e. The predicted molar refractivity (Wildman–Crippen MR) is 137 cm³/mol. The summed E-state index contributed by atoms with van der Waals surface area (Å²) in [7, 11) is 0. The summed E-state index contributed by atoms with van der Waals surface area (Å²) in [6.07, 6.45) is 6.24. The highest BCUT2D eigenvalue weighted by atomic mass is 32.1. The number of carbonyl (C=O) groups is 2. The van der Waals surface area contributed by atoms with Gasteiger partial charge in [-0.1, -0.05) is 0 Å². The zero-order valence-electron chi connectivity index (χ0n) is 19.1. The summed E-state index contributed by atoms with van der Waals surface area (Å²) in [5.41, 5.74) is 0.751.